The lowest BCUT2D eigenvalue weighted by Gasteiger charge is -2.13. The largest absolute Gasteiger partial charge is 0.324 e. The topological polar surface area (TPSA) is 38.9 Å². The van der Waals surface area contributed by atoms with Crippen LogP contribution >= 0.6 is 0 Å². The van der Waals surface area contributed by atoms with Gasteiger partial charge in [0.05, 0.1) is 0 Å². The highest BCUT2D eigenvalue weighted by Crippen LogP contribution is 2.20. The summed E-state index contributed by atoms with van der Waals surface area (Å²) in [5.41, 5.74) is 7.65. The van der Waals surface area contributed by atoms with Gasteiger partial charge in [-0.3, -0.25) is 4.98 Å². The van der Waals surface area contributed by atoms with Gasteiger partial charge in [0.15, 0.2) is 0 Å². The summed E-state index contributed by atoms with van der Waals surface area (Å²) >= 11 is 0. The lowest BCUT2D eigenvalue weighted by Crippen LogP contribution is -2.15. The minimum absolute atomic E-state index is 0.0273. The second-order valence-electron chi connectivity index (χ2n) is 4.24. The van der Waals surface area contributed by atoms with Crippen LogP contribution in [0.2, 0.25) is 0 Å². The molecule has 0 saturated carbocycles. The van der Waals surface area contributed by atoms with Crippen LogP contribution in [0.3, 0.4) is 0 Å². The highest BCUT2D eigenvalue weighted by molar-refractivity contribution is 5.25. The standard InChI is InChI=1S/C14H14F2N2/c1-9-7-10(5-6-18-9)14(17)8-11-12(15)3-2-4-13(11)16/h2-7,14H,8,17H2,1H3. The van der Waals surface area contributed by atoms with E-state index in [-0.39, 0.29) is 12.0 Å². The van der Waals surface area contributed by atoms with Crippen molar-refractivity contribution in [1.82, 2.24) is 4.98 Å². The first-order valence-corrected chi connectivity index (χ1v) is 5.69. The third-order valence-electron chi connectivity index (χ3n) is 2.83. The van der Waals surface area contributed by atoms with Gasteiger partial charge < -0.3 is 5.73 Å². The Labute approximate surface area is 104 Å². The first kappa shape index (κ1) is 12.6. The maximum Gasteiger partial charge on any atom is 0.129 e. The maximum atomic E-state index is 13.5. The molecule has 0 radical (unpaired) electrons. The van der Waals surface area contributed by atoms with Crippen LogP contribution in [0, 0.1) is 18.6 Å². The van der Waals surface area contributed by atoms with Gasteiger partial charge in [-0.25, -0.2) is 8.78 Å². The number of halogens is 2. The molecule has 18 heavy (non-hydrogen) atoms. The van der Waals surface area contributed by atoms with Crippen molar-refractivity contribution in [2.24, 2.45) is 5.73 Å². The second kappa shape index (κ2) is 5.23. The zero-order valence-electron chi connectivity index (χ0n) is 10.0. The normalized spacial score (nSPS) is 12.4. The van der Waals surface area contributed by atoms with Crippen molar-refractivity contribution in [3.05, 3.63) is 65.0 Å². The molecule has 0 aliphatic rings. The number of nitrogens with two attached hydrogens (primary N) is 1. The van der Waals surface area contributed by atoms with E-state index in [1.807, 2.05) is 13.0 Å². The van der Waals surface area contributed by atoms with Crippen LogP contribution in [0.1, 0.15) is 22.9 Å². The third kappa shape index (κ3) is 2.71. The summed E-state index contributed by atoms with van der Waals surface area (Å²) in [7, 11) is 0. The van der Waals surface area contributed by atoms with Gasteiger partial charge in [-0.1, -0.05) is 6.07 Å². The molecule has 1 heterocycles. The Balaban J connectivity index is 2.24. The minimum Gasteiger partial charge on any atom is -0.324 e. The number of benzene rings is 1. The van der Waals surface area contributed by atoms with E-state index in [0.29, 0.717) is 0 Å². The molecule has 1 aromatic heterocycles. The summed E-state index contributed by atoms with van der Waals surface area (Å²) in [5.74, 6) is -1.12. The minimum atomic E-state index is -0.559. The zero-order chi connectivity index (χ0) is 13.1. The molecule has 1 unspecified atom stereocenters. The fraction of sp³-hybridized carbons (Fsp3) is 0.214. The van der Waals surface area contributed by atoms with Crippen LogP contribution in [0.25, 0.3) is 0 Å². The number of aromatic nitrogens is 1. The van der Waals surface area contributed by atoms with Crippen LogP contribution in [0.5, 0.6) is 0 Å². The quantitative estimate of drug-likeness (QED) is 0.907. The van der Waals surface area contributed by atoms with E-state index < -0.39 is 17.7 Å². The van der Waals surface area contributed by atoms with E-state index in [4.69, 9.17) is 5.73 Å². The van der Waals surface area contributed by atoms with Crippen molar-refractivity contribution < 1.29 is 8.78 Å². The molecule has 0 aliphatic heterocycles. The van der Waals surface area contributed by atoms with Crippen LogP contribution in [0.15, 0.2) is 36.5 Å². The van der Waals surface area contributed by atoms with E-state index in [2.05, 4.69) is 4.98 Å². The number of nitrogens with zero attached hydrogens (tertiary/aromatic N) is 1. The molecular weight excluding hydrogens is 234 g/mol. The predicted octanol–water partition coefficient (Wildman–Crippen LogP) is 2.91. The smallest absolute Gasteiger partial charge is 0.129 e. The van der Waals surface area contributed by atoms with Crippen LogP contribution < -0.4 is 5.73 Å². The third-order valence-corrected chi connectivity index (χ3v) is 2.83. The summed E-state index contributed by atoms with van der Waals surface area (Å²) < 4.78 is 27.0. The highest BCUT2D eigenvalue weighted by atomic mass is 19.1. The van der Waals surface area contributed by atoms with Gasteiger partial charge in [-0.2, -0.15) is 0 Å². The molecule has 0 spiro atoms. The monoisotopic (exact) mass is 248 g/mol. The Bertz CT molecular complexity index is 535. The van der Waals surface area contributed by atoms with Gasteiger partial charge in [0.25, 0.3) is 0 Å². The molecule has 0 aliphatic carbocycles. The number of rotatable bonds is 3. The van der Waals surface area contributed by atoms with Crippen molar-refractivity contribution in [3.8, 4) is 0 Å². The Hall–Kier alpha value is -1.81. The lowest BCUT2D eigenvalue weighted by atomic mass is 9.99. The average Bonchev–Trinajstić information content (AvgIpc) is 2.34. The highest BCUT2D eigenvalue weighted by Gasteiger charge is 2.14. The van der Waals surface area contributed by atoms with Crippen LogP contribution in [0.4, 0.5) is 8.78 Å². The Morgan fingerprint density at radius 1 is 1.22 bits per heavy atom. The molecule has 0 saturated heterocycles. The molecule has 0 bridgehead atoms. The summed E-state index contributed by atoms with van der Waals surface area (Å²) in [5, 5.41) is 0. The average molecular weight is 248 g/mol. The molecule has 0 amide bonds. The SMILES string of the molecule is Cc1cc(C(N)Cc2c(F)cccc2F)ccn1. The van der Waals surface area contributed by atoms with Gasteiger partial charge in [0.1, 0.15) is 11.6 Å². The fourth-order valence-corrected chi connectivity index (χ4v) is 1.86. The van der Waals surface area contributed by atoms with Gasteiger partial charge in [-0.05, 0) is 43.2 Å². The lowest BCUT2D eigenvalue weighted by molar-refractivity contribution is 0.539. The zero-order valence-corrected chi connectivity index (χ0v) is 10.0. The number of pyridine rings is 1. The summed E-state index contributed by atoms with van der Waals surface area (Å²) in [6.07, 6.45) is 1.77. The van der Waals surface area contributed by atoms with Gasteiger partial charge in [0.2, 0.25) is 0 Å². The summed E-state index contributed by atoms with van der Waals surface area (Å²) in [6, 6.07) is 6.96. The first-order valence-electron chi connectivity index (χ1n) is 5.69. The second-order valence-corrected chi connectivity index (χ2v) is 4.24. The molecule has 1 atom stereocenters. The molecular formula is C14H14F2N2. The maximum absolute atomic E-state index is 13.5. The van der Waals surface area contributed by atoms with E-state index in [1.165, 1.54) is 18.2 Å². The van der Waals surface area contributed by atoms with E-state index >= 15 is 0 Å². The molecule has 2 nitrogen and oxygen atoms in total. The molecule has 2 rings (SSSR count). The van der Waals surface area contributed by atoms with E-state index in [0.717, 1.165) is 11.3 Å². The first-order chi connectivity index (χ1) is 8.58. The van der Waals surface area contributed by atoms with Crippen LogP contribution in [-0.4, -0.2) is 4.98 Å². The van der Waals surface area contributed by atoms with Crippen molar-refractivity contribution in [2.75, 3.05) is 0 Å². The van der Waals surface area contributed by atoms with Gasteiger partial charge in [0, 0.05) is 23.5 Å². The van der Waals surface area contributed by atoms with Crippen molar-refractivity contribution >= 4 is 0 Å². The predicted molar refractivity (Wildman–Crippen MR) is 66.0 cm³/mol. The summed E-state index contributed by atoms with van der Waals surface area (Å²) in [4.78, 5) is 4.06. The van der Waals surface area contributed by atoms with Gasteiger partial charge in [-0.15, -0.1) is 0 Å². The number of aryl methyl sites for hydroxylation is 1. The molecule has 94 valence electrons. The Morgan fingerprint density at radius 2 is 1.89 bits per heavy atom. The van der Waals surface area contributed by atoms with Crippen LogP contribution in [-0.2, 0) is 6.42 Å². The van der Waals surface area contributed by atoms with Gasteiger partial charge >= 0.3 is 0 Å². The number of hydrogen-bond donors (Lipinski definition) is 1. The van der Waals surface area contributed by atoms with E-state index in [9.17, 15) is 8.78 Å². The molecule has 4 heteroatoms. The molecule has 2 N–H and O–H groups in total. The van der Waals surface area contributed by atoms with Crippen molar-refractivity contribution in [2.45, 2.75) is 19.4 Å². The molecule has 0 fully saturated rings. The Morgan fingerprint density at radius 3 is 2.50 bits per heavy atom. The van der Waals surface area contributed by atoms with Crippen molar-refractivity contribution in [1.29, 1.82) is 0 Å². The molecule has 2 aromatic rings. The fourth-order valence-electron chi connectivity index (χ4n) is 1.86. The molecule has 1 aromatic carbocycles. The van der Waals surface area contributed by atoms with E-state index in [1.54, 1.807) is 12.3 Å². The Kier molecular flexibility index (Phi) is 3.67. The summed E-state index contributed by atoms with van der Waals surface area (Å²) in [6.45, 7) is 1.85. The van der Waals surface area contributed by atoms with Crippen molar-refractivity contribution in [3.63, 3.8) is 0 Å². The number of hydrogen-bond acceptors (Lipinski definition) is 2.